The monoisotopic (exact) mass is 463 g/mol. The van der Waals surface area contributed by atoms with E-state index in [2.05, 4.69) is 24.1 Å². The third kappa shape index (κ3) is 5.14. The zero-order valence-electron chi connectivity index (χ0n) is 20.2. The lowest BCUT2D eigenvalue weighted by molar-refractivity contribution is 0.0642. The Balaban J connectivity index is 1.47. The van der Waals surface area contributed by atoms with Crippen molar-refractivity contribution in [1.29, 1.82) is 0 Å². The van der Waals surface area contributed by atoms with Crippen molar-refractivity contribution in [3.05, 3.63) is 64.7 Å². The summed E-state index contributed by atoms with van der Waals surface area (Å²) in [7, 11) is 0. The first-order valence-electron chi connectivity index (χ1n) is 12.1. The van der Waals surface area contributed by atoms with Gasteiger partial charge in [-0.15, -0.1) is 0 Å². The van der Waals surface area contributed by atoms with Gasteiger partial charge in [-0.3, -0.25) is 19.3 Å². The highest BCUT2D eigenvalue weighted by Crippen LogP contribution is 2.27. The number of amides is 3. The van der Waals surface area contributed by atoms with E-state index in [4.69, 9.17) is 4.74 Å². The van der Waals surface area contributed by atoms with Crippen molar-refractivity contribution < 1.29 is 19.1 Å². The van der Waals surface area contributed by atoms with E-state index >= 15 is 0 Å². The molecule has 0 bridgehead atoms. The Kier molecular flexibility index (Phi) is 7.32. The Morgan fingerprint density at radius 2 is 1.71 bits per heavy atom. The molecular weight excluding hydrogens is 430 g/mol. The molecular formula is C27H33N3O4. The normalized spacial score (nSPS) is 16.8. The summed E-state index contributed by atoms with van der Waals surface area (Å²) in [6.45, 7) is 9.88. The van der Waals surface area contributed by atoms with Gasteiger partial charge in [0.2, 0.25) is 0 Å². The Bertz CT molecular complexity index is 1040. The van der Waals surface area contributed by atoms with E-state index in [1.54, 1.807) is 42.5 Å². The minimum Gasteiger partial charge on any atom is -0.493 e. The molecule has 7 nitrogen and oxygen atoms in total. The number of imide groups is 1. The van der Waals surface area contributed by atoms with E-state index in [1.807, 2.05) is 6.92 Å². The van der Waals surface area contributed by atoms with E-state index in [1.165, 1.54) is 4.90 Å². The predicted molar refractivity (Wildman–Crippen MR) is 130 cm³/mol. The van der Waals surface area contributed by atoms with Crippen LogP contribution in [0.1, 0.15) is 70.3 Å². The zero-order valence-corrected chi connectivity index (χ0v) is 20.2. The van der Waals surface area contributed by atoms with Crippen LogP contribution in [0.25, 0.3) is 0 Å². The van der Waals surface area contributed by atoms with Gasteiger partial charge in [0.05, 0.1) is 29.8 Å². The highest BCUT2D eigenvalue weighted by molar-refractivity contribution is 6.21. The summed E-state index contributed by atoms with van der Waals surface area (Å²) in [5.41, 5.74) is 1.97. The maximum Gasteiger partial charge on any atom is 0.261 e. The minimum atomic E-state index is -0.311. The number of benzene rings is 2. The van der Waals surface area contributed by atoms with Crippen molar-refractivity contribution in [1.82, 2.24) is 15.1 Å². The first-order chi connectivity index (χ1) is 16.4. The molecule has 0 atom stereocenters. The quantitative estimate of drug-likeness (QED) is 0.604. The molecule has 1 fully saturated rings. The van der Waals surface area contributed by atoms with Crippen molar-refractivity contribution in [2.24, 2.45) is 5.92 Å². The fourth-order valence-electron chi connectivity index (χ4n) is 4.74. The number of likely N-dealkylation sites (tertiary alicyclic amines) is 1. The fourth-order valence-corrected chi connectivity index (χ4v) is 4.74. The number of hydrogen-bond donors (Lipinski definition) is 1. The molecule has 2 aromatic rings. The van der Waals surface area contributed by atoms with E-state index in [-0.39, 0.29) is 30.3 Å². The second kappa shape index (κ2) is 10.4. The average molecular weight is 464 g/mol. The van der Waals surface area contributed by atoms with Crippen molar-refractivity contribution >= 4 is 17.7 Å². The molecule has 1 N–H and O–H groups in total. The zero-order chi connectivity index (χ0) is 24.2. The van der Waals surface area contributed by atoms with Crippen molar-refractivity contribution in [2.45, 2.75) is 46.2 Å². The first-order valence-corrected chi connectivity index (χ1v) is 12.1. The predicted octanol–water partition coefficient (Wildman–Crippen LogP) is 3.73. The largest absolute Gasteiger partial charge is 0.493 e. The summed E-state index contributed by atoms with van der Waals surface area (Å²) in [4.78, 5) is 42.4. The molecule has 0 saturated carbocycles. The summed E-state index contributed by atoms with van der Waals surface area (Å²) >= 11 is 0. The van der Waals surface area contributed by atoms with Gasteiger partial charge in [0.25, 0.3) is 17.7 Å². The highest BCUT2D eigenvalue weighted by Gasteiger charge is 2.35. The molecule has 34 heavy (non-hydrogen) atoms. The van der Waals surface area contributed by atoms with Crippen LogP contribution in [0.5, 0.6) is 5.75 Å². The van der Waals surface area contributed by atoms with Gasteiger partial charge < -0.3 is 15.0 Å². The number of carbonyl (C=O) groups is 3. The van der Waals surface area contributed by atoms with Gasteiger partial charge in [0.1, 0.15) is 5.75 Å². The molecule has 2 aliphatic heterocycles. The van der Waals surface area contributed by atoms with E-state index < -0.39 is 0 Å². The summed E-state index contributed by atoms with van der Waals surface area (Å²) in [5, 5.41) is 3.17. The van der Waals surface area contributed by atoms with Crippen LogP contribution in [0, 0.1) is 5.92 Å². The maximum absolute atomic E-state index is 13.2. The summed E-state index contributed by atoms with van der Waals surface area (Å²) in [6.07, 6.45) is 1.83. The lowest BCUT2D eigenvalue weighted by Crippen LogP contribution is -2.45. The molecule has 2 aliphatic rings. The number of fused-ring (bicyclic) bond motifs is 1. The Hall–Kier alpha value is -3.19. The number of piperidine rings is 1. The van der Waals surface area contributed by atoms with Crippen molar-refractivity contribution in [3.63, 3.8) is 0 Å². The van der Waals surface area contributed by atoms with Gasteiger partial charge in [0, 0.05) is 25.7 Å². The van der Waals surface area contributed by atoms with Crippen LogP contribution in [0.4, 0.5) is 0 Å². The standard InChI is InChI=1S/C27H33N3O4/c1-4-34-24-10-9-19(17-30-26(32)21-7-5-6-8-22(21)27(30)33)15-23(24)25(31)28-20-11-13-29(14-12-20)16-18(2)3/h5-10,15,18,20H,4,11-14,16-17H2,1-3H3,(H,28,31). The number of ether oxygens (including phenoxy) is 1. The minimum absolute atomic E-state index is 0.104. The van der Waals surface area contributed by atoms with Crippen LogP contribution in [-0.4, -0.2) is 59.8 Å². The van der Waals surface area contributed by atoms with Crippen LogP contribution >= 0.6 is 0 Å². The molecule has 7 heteroatoms. The number of carbonyl (C=O) groups excluding carboxylic acids is 3. The number of rotatable bonds is 8. The van der Waals surface area contributed by atoms with E-state index in [9.17, 15) is 14.4 Å². The van der Waals surface area contributed by atoms with Gasteiger partial charge >= 0.3 is 0 Å². The summed E-state index contributed by atoms with van der Waals surface area (Å²) < 4.78 is 5.71. The molecule has 2 heterocycles. The second-order valence-electron chi connectivity index (χ2n) is 9.45. The summed E-state index contributed by atoms with van der Waals surface area (Å²) in [5.74, 6) is 0.324. The molecule has 2 aromatic carbocycles. The summed E-state index contributed by atoms with van der Waals surface area (Å²) in [6, 6.07) is 12.2. The second-order valence-corrected chi connectivity index (χ2v) is 9.45. The Morgan fingerprint density at radius 3 is 2.29 bits per heavy atom. The Morgan fingerprint density at radius 1 is 1.06 bits per heavy atom. The molecule has 0 aromatic heterocycles. The van der Waals surface area contributed by atoms with E-state index in [0.29, 0.717) is 40.5 Å². The molecule has 180 valence electrons. The third-order valence-electron chi connectivity index (χ3n) is 6.35. The maximum atomic E-state index is 13.2. The lowest BCUT2D eigenvalue weighted by atomic mass is 10.0. The highest BCUT2D eigenvalue weighted by atomic mass is 16.5. The smallest absolute Gasteiger partial charge is 0.261 e. The van der Waals surface area contributed by atoms with E-state index in [0.717, 1.165) is 32.5 Å². The van der Waals surface area contributed by atoms with Gasteiger partial charge in [-0.2, -0.15) is 0 Å². The van der Waals surface area contributed by atoms with Gasteiger partial charge in [-0.25, -0.2) is 0 Å². The molecule has 0 aliphatic carbocycles. The molecule has 0 radical (unpaired) electrons. The van der Waals surface area contributed by atoms with Crippen LogP contribution in [0.2, 0.25) is 0 Å². The number of nitrogens with one attached hydrogen (secondary N) is 1. The average Bonchev–Trinajstić information content (AvgIpc) is 3.06. The van der Waals surface area contributed by atoms with Crippen LogP contribution in [0.3, 0.4) is 0 Å². The van der Waals surface area contributed by atoms with Gasteiger partial charge in [0.15, 0.2) is 0 Å². The van der Waals surface area contributed by atoms with Crippen molar-refractivity contribution in [2.75, 3.05) is 26.2 Å². The number of nitrogens with zero attached hydrogens (tertiary/aromatic N) is 2. The molecule has 4 rings (SSSR count). The van der Waals surface area contributed by atoms with Crippen molar-refractivity contribution in [3.8, 4) is 5.75 Å². The molecule has 0 spiro atoms. The molecule has 0 unspecified atom stereocenters. The molecule has 3 amide bonds. The third-order valence-corrected chi connectivity index (χ3v) is 6.35. The van der Waals surface area contributed by atoms with Gasteiger partial charge in [-0.1, -0.05) is 32.0 Å². The van der Waals surface area contributed by atoms with Gasteiger partial charge in [-0.05, 0) is 55.5 Å². The van der Waals surface area contributed by atoms with Crippen LogP contribution < -0.4 is 10.1 Å². The van der Waals surface area contributed by atoms with Crippen LogP contribution in [0.15, 0.2) is 42.5 Å². The topological polar surface area (TPSA) is 78.9 Å². The fraction of sp³-hybridized carbons (Fsp3) is 0.444. The Labute approximate surface area is 201 Å². The molecule has 1 saturated heterocycles. The number of hydrogen-bond acceptors (Lipinski definition) is 5. The van der Waals surface area contributed by atoms with Crippen LogP contribution in [-0.2, 0) is 6.54 Å². The SMILES string of the molecule is CCOc1ccc(CN2C(=O)c3ccccc3C2=O)cc1C(=O)NC1CCN(CC(C)C)CC1. The first kappa shape index (κ1) is 24.0. The lowest BCUT2D eigenvalue weighted by Gasteiger charge is -2.33.